The van der Waals surface area contributed by atoms with E-state index in [1.807, 2.05) is 0 Å². The maximum atomic E-state index is 11.7. The Labute approximate surface area is 108 Å². The third kappa shape index (κ3) is 2.52. The Kier molecular flexibility index (Phi) is 3.43. The van der Waals surface area contributed by atoms with Gasteiger partial charge in [0.25, 0.3) is 0 Å². The van der Waals surface area contributed by atoms with Gasteiger partial charge in [0.05, 0.1) is 17.8 Å². The van der Waals surface area contributed by atoms with E-state index in [9.17, 15) is 9.59 Å². The predicted octanol–water partition coefficient (Wildman–Crippen LogP) is 0.504. The van der Waals surface area contributed by atoms with Crippen LogP contribution in [0.4, 0.5) is 10.6 Å². The number of nitrogens with one attached hydrogen (secondary N) is 2. The summed E-state index contributed by atoms with van der Waals surface area (Å²) in [6.45, 7) is 1.72. The van der Waals surface area contributed by atoms with E-state index >= 15 is 0 Å². The average molecular weight is 263 g/mol. The van der Waals surface area contributed by atoms with Gasteiger partial charge in [-0.05, 0) is 26.1 Å². The standard InChI is InChI=1S/C11H13N5O3/c1-6(12-2)10(17)15-9-4-3-8-7(14-9)5-13-16(8)11(18)19/h3-6,12H,1-2H3,(H,18,19)(H,14,15,17)/t6-/m1/s1. The SMILES string of the molecule is CN[C@H](C)C(=O)Nc1ccc2c(cnn2C(=O)O)n1. The van der Waals surface area contributed by atoms with Crippen LogP contribution >= 0.6 is 0 Å². The molecule has 2 aromatic rings. The Morgan fingerprint density at radius 2 is 2.16 bits per heavy atom. The number of fused-ring (bicyclic) bond motifs is 1. The zero-order valence-corrected chi connectivity index (χ0v) is 10.4. The van der Waals surface area contributed by atoms with Crippen LogP contribution in [0.3, 0.4) is 0 Å². The van der Waals surface area contributed by atoms with Crippen molar-refractivity contribution in [2.45, 2.75) is 13.0 Å². The minimum atomic E-state index is -1.18. The number of aromatic nitrogens is 3. The molecule has 0 aliphatic heterocycles. The molecule has 8 nitrogen and oxygen atoms in total. The van der Waals surface area contributed by atoms with E-state index in [1.54, 1.807) is 20.0 Å². The van der Waals surface area contributed by atoms with Crippen molar-refractivity contribution in [3.05, 3.63) is 18.3 Å². The highest BCUT2D eigenvalue weighted by Gasteiger charge is 2.13. The Morgan fingerprint density at radius 3 is 2.79 bits per heavy atom. The topological polar surface area (TPSA) is 109 Å². The first-order valence-electron chi connectivity index (χ1n) is 5.59. The quantitative estimate of drug-likeness (QED) is 0.744. The molecule has 0 saturated carbocycles. The number of hydrogen-bond donors (Lipinski definition) is 3. The van der Waals surface area contributed by atoms with Crippen LogP contribution in [0.1, 0.15) is 6.92 Å². The van der Waals surface area contributed by atoms with Crippen LogP contribution in [0.5, 0.6) is 0 Å². The second kappa shape index (κ2) is 5.02. The monoisotopic (exact) mass is 263 g/mol. The molecule has 8 heteroatoms. The molecule has 0 radical (unpaired) electrons. The van der Waals surface area contributed by atoms with Gasteiger partial charge in [-0.1, -0.05) is 0 Å². The zero-order chi connectivity index (χ0) is 14.0. The van der Waals surface area contributed by atoms with Crippen molar-refractivity contribution < 1.29 is 14.7 Å². The molecule has 2 rings (SSSR count). The number of rotatable bonds is 3. The summed E-state index contributed by atoms with van der Waals surface area (Å²) in [7, 11) is 1.68. The van der Waals surface area contributed by atoms with Gasteiger partial charge in [-0.2, -0.15) is 9.78 Å². The van der Waals surface area contributed by atoms with E-state index in [0.29, 0.717) is 16.9 Å². The van der Waals surface area contributed by atoms with Crippen LogP contribution in [0.25, 0.3) is 11.0 Å². The third-order valence-electron chi connectivity index (χ3n) is 2.68. The van der Waals surface area contributed by atoms with Crippen molar-refractivity contribution in [1.82, 2.24) is 20.1 Å². The lowest BCUT2D eigenvalue weighted by Crippen LogP contribution is -2.35. The van der Waals surface area contributed by atoms with Crippen LogP contribution in [-0.2, 0) is 4.79 Å². The summed E-state index contributed by atoms with van der Waals surface area (Å²) in [5.41, 5.74) is 0.768. The van der Waals surface area contributed by atoms with Crippen molar-refractivity contribution in [3.63, 3.8) is 0 Å². The van der Waals surface area contributed by atoms with Crippen molar-refractivity contribution in [2.75, 3.05) is 12.4 Å². The Hall–Kier alpha value is -2.48. The maximum Gasteiger partial charge on any atom is 0.432 e. The fourth-order valence-corrected chi connectivity index (χ4v) is 1.50. The second-order valence-corrected chi connectivity index (χ2v) is 3.94. The van der Waals surface area contributed by atoms with Gasteiger partial charge >= 0.3 is 6.09 Å². The predicted molar refractivity (Wildman–Crippen MR) is 68.1 cm³/mol. The van der Waals surface area contributed by atoms with Crippen LogP contribution in [-0.4, -0.2) is 45.0 Å². The zero-order valence-electron chi connectivity index (χ0n) is 10.4. The lowest BCUT2D eigenvalue weighted by Gasteiger charge is -2.10. The Morgan fingerprint density at radius 1 is 1.42 bits per heavy atom. The first-order chi connectivity index (χ1) is 9.02. The number of carbonyl (C=O) groups is 2. The van der Waals surface area contributed by atoms with Crippen molar-refractivity contribution in [2.24, 2.45) is 0 Å². The van der Waals surface area contributed by atoms with E-state index < -0.39 is 6.09 Å². The average Bonchev–Trinajstić information content (AvgIpc) is 2.80. The largest absolute Gasteiger partial charge is 0.463 e. The normalized spacial score (nSPS) is 12.3. The molecule has 0 spiro atoms. The lowest BCUT2D eigenvalue weighted by molar-refractivity contribution is -0.117. The molecule has 0 aliphatic carbocycles. The van der Waals surface area contributed by atoms with E-state index in [4.69, 9.17) is 5.11 Å². The van der Waals surface area contributed by atoms with Crippen molar-refractivity contribution in [1.29, 1.82) is 0 Å². The molecule has 0 saturated heterocycles. The van der Waals surface area contributed by atoms with Crippen molar-refractivity contribution >= 4 is 28.9 Å². The molecular formula is C11H13N5O3. The first kappa shape index (κ1) is 13.0. The number of amides is 1. The van der Waals surface area contributed by atoms with Gasteiger partial charge in [0.15, 0.2) is 0 Å². The molecule has 2 aromatic heterocycles. The molecule has 1 atom stereocenters. The van der Waals surface area contributed by atoms with Gasteiger partial charge in [-0.3, -0.25) is 4.79 Å². The number of anilines is 1. The van der Waals surface area contributed by atoms with Crippen LogP contribution in [0.2, 0.25) is 0 Å². The summed E-state index contributed by atoms with van der Waals surface area (Å²) in [6.07, 6.45) is 0.151. The summed E-state index contributed by atoms with van der Waals surface area (Å²) >= 11 is 0. The summed E-state index contributed by atoms with van der Waals surface area (Å²) in [5, 5.41) is 18.0. The molecule has 1 amide bonds. The smallest absolute Gasteiger partial charge is 0.432 e. The minimum Gasteiger partial charge on any atom is -0.463 e. The maximum absolute atomic E-state index is 11.7. The van der Waals surface area contributed by atoms with Crippen LogP contribution in [0, 0.1) is 0 Å². The molecule has 0 unspecified atom stereocenters. The Balaban J connectivity index is 2.28. The van der Waals surface area contributed by atoms with E-state index in [-0.39, 0.29) is 11.9 Å². The highest BCUT2D eigenvalue weighted by atomic mass is 16.4. The number of likely N-dealkylation sites (N-methyl/N-ethyl adjacent to an activating group) is 1. The van der Waals surface area contributed by atoms with E-state index in [1.165, 1.54) is 12.3 Å². The van der Waals surface area contributed by atoms with E-state index in [2.05, 4.69) is 20.7 Å². The van der Waals surface area contributed by atoms with Gasteiger partial charge in [-0.15, -0.1) is 0 Å². The highest BCUT2D eigenvalue weighted by Crippen LogP contribution is 2.14. The first-order valence-corrected chi connectivity index (χ1v) is 5.59. The number of hydrogen-bond acceptors (Lipinski definition) is 5. The van der Waals surface area contributed by atoms with E-state index in [0.717, 1.165) is 4.68 Å². The molecular weight excluding hydrogens is 250 g/mol. The fourth-order valence-electron chi connectivity index (χ4n) is 1.50. The molecule has 0 aliphatic rings. The van der Waals surface area contributed by atoms with Gasteiger partial charge in [0.2, 0.25) is 5.91 Å². The molecule has 0 fully saturated rings. The number of carbonyl (C=O) groups excluding carboxylic acids is 1. The number of pyridine rings is 1. The molecule has 2 heterocycles. The van der Waals surface area contributed by atoms with Gasteiger partial charge in [-0.25, -0.2) is 9.78 Å². The molecule has 0 bridgehead atoms. The molecule has 3 N–H and O–H groups in total. The molecule has 0 aromatic carbocycles. The highest BCUT2D eigenvalue weighted by molar-refractivity contribution is 5.95. The number of nitrogens with zero attached hydrogens (tertiary/aromatic N) is 3. The molecule has 19 heavy (non-hydrogen) atoms. The summed E-state index contributed by atoms with van der Waals surface area (Å²) in [4.78, 5) is 26.7. The fraction of sp³-hybridized carbons (Fsp3) is 0.273. The summed E-state index contributed by atoms with van der Waals surface area (Å²) in [6, 6.07) is 2.73. The summed E-state index contributed by atoms with van der Waals surface area (Å²) < 4.78 is 0.824. The number of carboxylic acid groups (broad SMARTS) is 1. The van der Waals surface area contributed by atoms with Gasteiger partial charge in [0, 0.05) is 0 Å². The van der Waals surface area contributed by atoms with Gasteiger partial charge < -0.3 is 15.7 Å². The van der Waals surface area contributed by atoms with Crippen LogP contribution < -0.4 is 10.6 Å². The van der Waals surface area contributed by atoms with Crippen LogP contribution in [0.15, 0.2) is 18.3 Å². The Bertz CT molecular complexity index is 636. The molecule has 100 valence electrons. The lowest BCUT2D eigenvalue weighted by atomic mass is 10.3. The van der Waals surface area contributed by atoms with Crippen molar-refractivity contribution in [3.8, 4) is 0 Å². The third-order valence-corrected chi connectivity index (χ3v) is 2.68. The second-order valence-electron chi connectivity index (χ2n) is 3.94. The minimum absolute atomic E-state index is 0.222. The summed E-state index contributed by atoms with van der Waals surface area (Å²) in [5.74, 6) is 0.129. The van der Waals surface area contributed by atoms with Gasteiger partial charge in [0.1, 0.15) is 11.3 Å².